The summed E-state index contributed by atoms with van der Waals surface area (Å²) in [5, 5.41) is -0.433. The Morgan fingerprint density at radius 2 is 1.86 bits per heavy atom. The standard InChI is InChI=1S/C13H11Cl4N3O/c1-7-3-4-9(21-7)5-6-10-18-11(8(2)14)20-12(19-10)13(15,16)17/h3-6,8H,1-2H3/b6-5+. The Balaban J connectivity index is 2.38. The van der Waals surface area contributed by atoms with E-state index in [-0.39, 0.29) is 5.82 Å². The van der Waals surface area contributed by atoms with Crippen LogP contribution in [0.5, 0.6) is 0 Å². The molecule has 0 aliphatic rings. The van der Waals surface area contributed by atoms with Gasteiger partial charge in [0, 0.05) is 0 Å². The number of nitrogens with zero attached hydrogens (tertiary/aromatic N) is 3. The van der Waals surface area contributed by atoms with Crippen LogP contribution in [0.2, 0.25) is 0 Å². The van der Waals surface area contributed by atoms with E-state index in [2.05, 4.69) is 15.0 Å². The minimum absolute atomic E-state index is 0.0280. The van der Waals surface area contributed by atoms with E-state index >= 15 is 0 Å². The summed E-state index contributed by atoms with van der Waals surface area (Å²) >= 11 is 23.5. The van der Waals surface area contributed by atoms with Gasteiger partial charge in [-0.05, 0) is 38.1 Å². The Morgan fingerprint density at radius 1 is 1.14 bits per heavy atom. The van der Waals surface area contributed by atoms with Crippen LogP contribution < -0.4 is 0 Å². The Morgan fingerprint density at radius 3 is 2.38 bits per heavy atom. The van der Waals surface area contributed by atoms with Gasteiger partial charge in [-0.25, -0.2) is 15.0 Å². The van der Waals surface area contributed by atoms with Gasteiger partial charge in [0.1, 0.15) is 11.5 Å². The molecule has 2 aromatic rings. The second-order valence-corrected chi connectivity index (χ2v) is 7.21. The molecule has 0 aliphatic heterocycles. The normalized spacial score (nSPS) is 13.8. The molecule has 1 atom stereocenters. The quantitative estimate of drug-likeness (QED) is 0.711. The highest BCUT2D eigenvalue weighted by Crippen LogP contribution is 2.36. The molecule has 0 saturated carbocycles. The highest BCUT2D eigenvalue weighted by Gasteiger charge is 2.28. The summed E-state index contributed by atoms with van der Waals surface area (Å²) < 4.78 is 3.68. The molecular formula is C13H11Cl4N3O. The summed E-state index contributed by atoms with van der Waals surface area (Å²) in [5.41, 5.74) is 0. The van der Waals surface area contributed by atoms with E-state index in [1.165, 1.54) is 0 Å². The summed E-state index contributed by atoms with van der Waals surface area (Å²) in [7, 11) is 0. The van der Waals surface area contributed by atoms with Gasteiger partial charge in [-0.2, -0.15) is 0 Å². The minimum atomic E-state index is -1.74. The number of hydrogen-bond acceptors (Lipinski definition) is 4. The number of aromatic nitrogens is 3. The first kappa shape index (κ1) is 16.6. The van der Waals surface area contributed by atoms with Crippen molar-refractivity contribution in [1.29, 1.82) is 0 Å². The number of halogens is 4. The molecule has 1 unspecified atom stereocenters. The molecule has 21 heavy (non-hydrogen) atoms. The monoisotopic (exact) mass is 365 g/mol. The number of hydrogen-bond donors (Lipinski definition) is 0. The molecule has 0 N–H and O–H groups in total. The minimum Gasteiger partial charge on any atom is -0.462 e. The largest absolute Gasteiger partial charge is 0.462 e. The Bertz CT molecular complexity index is 662. The second-order valence-electron chi connectivity index (χ2n) is 4.27. The predicted octanol–water partition coefficient (Wildman–Crippen LogP) is 5.07. The third-order valence-electron chi connectivity index (χ3n) is 2.44. The Labute approximate surface area is 142 Å². The molecule has 0 fully saturated rings. The van der Waals surface area contributed by atoms with Crippen molar-refractivity contribution >= 4 is 58.6 Å². The maximum absolute atomic E-state index is 5.99. The lowest BCUT2D eigenvalue weighted by molar-refractivity contribution is 0.525. The molecule has 0 bridgehead atoms. The lowest BCUT2D eigenvalue weighted by Crippen LogP contribution is -2.13. The predicted molar refractivity (Wildman–Crippen MR) is 85.7 cm³/mol. The van der Waals surface area contributed by atoms with Gasteiger partial charge in [0.25, 0.3) is 0 Å². The first-order valence-electron chi connectivity index (χ1n) is 5.97. The second kappa shape index (κ2) is 6.53. The van der Waals surface area contributed by atoms with Gasteiger partial charge in [-0.15, -0.1) is 11.6 Å². The van der Waals surface area contributed by atoms with Crippen LogP contribution in [0.15, 0.2) is 16.5 Å². The zero-order valence-electron chi connectivity index (χ0n) is 11.1. The van der Waals surface area contributed by atoms with Gasteiger partial charge < -0.3 is 4.42 Å². The molecular weight excluding hydrogens is 356 g/mol. The van der Waals surface area contributed by atoms with E-state index in [4.69, 9.17) is 50.8 Å². The third-order valence-corrected chi connectivity index (χ3v) is 3.14. The summed E-state index contributed by atoms with van der Waals surface area (Å²) in [5.74, 6) is 2.18. The topological polar surface area (TPSA) is 51.8 Å². The average Bonchev–Trinajstić information content (AvgIpc) is 2.81. The first-order chi connectivity index (χ1) is 9.75. The van der Waals surface area contributed by atoms with Crippen LogP contribution in [0.25, 0.3) is 12.2 Å². The van der Waals surface area contributed by atoms with Gasteiger partial charge in [0.05, 0.1) is 5.38 Å². The fourth-order valence-electron chi connectivity index (χ4n) is 1.49. The first-order valence-corrected chi connectivity index (χ1v) is 7.54. The SMILES string of the molecule is Cc1ccc(/C=C/c2nc(C(C)Cl)nc(C(Cl)(Cl)Cl)n2)o1. The summed E-state index contributed by atoms with van der Waals surface area (Å²) in [6.45, 7) is 3.58. The zero-order chi connectivity index (χ0) is 15.6. The third kappa shape index (κ3) is 4.58. The number of aryl methyl sites for hydroxylation is 1. The van der Waals surface area contributed by atoms with E-state index in [1.807, 2.05) is 19.1 Å². The molecule has 0 aromatic carbocycles. The molecule has 0 spiro atoms. The summed E-state index contributed by atoms with van der Waals surface area (Å²) in [6, 6.07) is 3.68. The molecule has 8 heteroatoms. The molecule has 0 radical (unpaired) electrons. The van der Waals surface area contributed by atoms with Gasteiger partial charge in [0.15, 0.2) is 17.5 Å². The van der Waals surface area contributed by atoms with Crippen molar-refractivity contribution in [2.75, 3.05) is 0 Å². The smallest absolute Gasteiger partial charge is 0.250 e. The van der Waals surface area contributed by atoms with Gasteiger partial charge in [-0.1, -0.05) is 34.8 Å². The highest BCUT2D eigenvalue weighted by atomic mass is 35.6. The number of furan rings is 1. The van der Waals surface area contributed by atoms with Crippen molar-refractivity contribution in [3.8, 4) is 0 Å². The van der Waals surface area contributed by atoms with Crippen LogP contribution in [0.4, 0.5) is 0 Å². The van der Waals surface area contributed by atoms with Crippen LogP contribution in [0, 0.1) is 6.92 Å². The van der Waals surface area contributed by atoms with Gasteiger partial charge >= 0.3 is 0 Å². The summed E-state index contributed by atoms with van der Waals surface area (Å²) in [4.78, 5) is 12.4. The zero-order valence-corrected chi connectivity index (χ0v) is 14.2. The van der Waals surface area contributed by atoms with Crippen LogP contribution in [0.1, 0.15) is 41.3 Å². The Kier molecular flexibility index (Phi) is 5.15. The summed E-state index contributed by atoms with van der Waals surface area (Å²) in [6.07, 6.45) is 3.36. The molecule has 0 aliphatic carbocycles. The molecule has 4 nitrogen and oxygen atoms in total. The Hall–Kier alpha value is -0.810. The fraction of sp³-hybridized carbons (Fsp3) is 0.308. The van der Waals surface area contributed by atoms with Crippen molar-refractivity contribution in [3.63, 3.8) is 0 Å². The van der Waals surface area contributed by atoms with E-state index < -0.39 is 9.17 Å². The number of alkyl halides is 4. The maximum atomic E-state index is 5.99. The lowest BCUT2D eigenvalue weighted by Gasteiger charge is -2.11. The van der Waals surface area contributed by atoms with Crippen LogP contribution >= 0.6 is 46.4 Å². The number of rotatable bonds is 3. The molecule has 112 valence electrons. The van der Waals surface area contributed by atoms with Crippen molar-refractivity contribution in [1.82, 2.24) is 15.0 Å². The molecule has 2 aromatic heterocycles. The van der Waals surface area contributed by atoms with Gasteiger partial charge in [-0.3, -0.25) is 0 Å². The maximum Gasteiger partial charge on any atom is 0.250 e. The lowest BCUT2D eigenvalue weighted by atomic mass is 10.3. The molecule has 2 heterocycles. The van der Waals surface area contributed by atoms with Crippen molar-refractivity contribution in [2.45, 2.75) is 23.0 Å². The van der Waals surface area contributed by atoms with Crippen molar-refractivity contribution in [3.05, 3.63) is 41.1 Å². The van der Waals surface area contributed by atoms with Crippen LogP contribution in [0.3, 0.4) is 0 Å². The van der Waals surface area contributed by atoms with E-state index in [1.54, 1.807) is 19.1 Å². The molecule has 0 amide bonds. The van der Waals surface area contributed by atoms with Crippen molar-refractivity contribution in [2.24, 2.45) is 0 Å². The fourth-order valence-corrected chi connectivity index (χ4v) is 1.84. The van der Waals surface area contributed by atoms with E-state index in [0.29, 0.717) is 17.4 Å². The van der Waals surface area contributed by atoms with Gasteiger partial charge in [0.2, 0.25) is 3.79 Å². The molecule has 0 saturated heterocycles. The average molecular weight is 367 g/mol. The van der Waals surface area contributed by atoms with E-state index in [0.717, 1.165) is 5.76 Å². The highest BCUT2D eigenvalue weighted by molar-refractivity contribution is 6.66. The van der Waals surface area contributed by atoms with Crippen molar-refractivity contribution < 1.29 is 4.42 Å². The van der Waals surface area contributed by atoms with Crippen LogP contribution in [-0.4, -0.2) is 15.0 Å². The molecule has 2 rings (SSSR count). The van der Waals surface area contributed by atoms with E-state index in [9.17, 15) is 0 Å². The van der Waals surface area contributed by atoms with Crippen LogP contribution in [-0.2, 0) is 3.79 Å².